The molecule has 1 fully saturated rings. The monoisotopic (exact) mass is 235 g/mol. The fourth-order valence-electron chi connectivity index (χ4n) is 1.70. The standard InChI is InChI=1S/C10H22NO3P/c1-4-7-8-9-10(11-9)15(12,13-5-2)14-6-3/h9-11H,4-8H2,1-3H3/t9-,10-/m0/s1. The topological polar surface area (TPSA) is 57.5 Å². The molecule has 0 amide bonds. The van der Waals surface area contributed by atoms with Crippen molar-refractivity contribution in [2.45, 2.75) is 51.9 Å². The van der Waals surface area contributed by atoms with Crippen LogP contribution in [0.4, 0.5) is 0 Å². The van der Waals surface area contributed by atoms with E-state index in [0.29, 0.717) is 19.3 Å². The van der Waals surface area contributed by atoms with E-state index < -0.39 is 7.60 Å². The van der Waals surface area contributed by atoms with Gasteiger partial charge in [0.2, 0.25) is 0 Å². The van der Waals surface area contributed by atoms with Crippen LogP contribution in [-0.2, 0) is 13.6 Å². The molecule has 1 heterocycles. The summed E-state index contributed by atoms with van der Waals surface area (Å²) in [5, 5.41) is 3.20. The zero-order valence-electron chi connectivity index (χ0n) is 9.86. The lowest BCUT2D eigenvalue weighted by molar-refractivity contribution is 0.218. The Morgan fingerprint density at radius 1 is 1.20 bits per heavy atom. The van der Waals surface area contributed by atoms with E-state index in [0.717, 1.165) is 12.8 Å². The lowest BCUT2D eigenvalue weighted by Gasteiger charge is -2.15. The van der Waals surface area contributed by atoms with Crippen molar-refractivity contribution in [1.29, 1.82) is 0 Å². The van der Waals surface area contributed by atoms with Crippen molar-refractivity contribution in [2.24, 2.45) is 0 Å². The molecule has 4 nitrogen and oxygen atoms in total. The van der Waals surface area contributed by atoms with Crippen LogP contribution >= 0.6 is 7.60 Å². The number of unbranched alkanes of at least 4 members (excludes halogenated alkanes) is 1. The second-order valence-electron chi connectivity index (χ2n) is 3.74. The van der Waals surface area contributed by atoms with Gasteiger partial charge in [-0.05, 0) is 20.3 Å². The zero-order chi connectivity index (χ0) is 11.3. The lowest BCUT2D eigenvalue weighted by atomic mass is 10.2. The maximum Gasteiger partial charge on any atom is 0.349 e. The van der Waals surface area contributed by atoms with Crippen molar-refractivity contribution in [3.8, 4) is 0 Å². The van der Waals surface area contributed by atoms with Crippen LogP contribution in [0.5, 0.6) is 0 Å². The molecular formula is C10H22NO3P. The largest absolute Gasteiger partial charge is 0.349 e. The number of hydrogen-bond acceptors (Lipinski definition) is 4. The van der Waals surface area contributed by atoms with Crippen LogP contribution in [-0.4, -0.2) is 25.0 Å². The number of hydrogen-bond donors (Lipinski definition) is 1. The van der Waals surface area contributed by atoms with E-state index >= 15 is 0 Å². The quantitative estimate of drug-likeness (QED) is 0.519. The molecule has 0 saturated carbocycles. The molecule has 1 saturated heterocycles. The molecule has 2 atom stereocenters. The van der Waals surface area contributed by atoms with Gasteiger partial charge in [-0.15, -0.1) is 0 Å². The summed E-state index contributed by atoms with van der Waals surface area (Å²) >= 11 is 0. The van der Waals surface area contributed by atoms with Gasteiger partial charge in [0.05, 0.1) is 13.2 Å². The minimum atomic E-state index is -2.89. The zero-order valence-corrected chi connectivity index (χ0v) is 10.8. The van der Waals surface area contributed by atoms with Gasteiger partial charge in [0.15, 0.2) is 0 Å². The molecule has 15 heavy (non-hydrogen) atoms. The summed E-state index contributed by atoms with van der Waals surface area (Å²) in [4.78, 5) is 0. The summed E-state index contributed by atoms with van der Waals surface area (Å²) < 4.78 is 22.8. The van der Waals surface area contributed by atoms with Crippen LogP contribution in [0.15, 0.2) is 0 Å². The van der Waals surface area contributed by atoms with Gasteiger partial charge in [-0.2, -0.15) is 0 Å². The summed E-state index contributed by atoms with van der Waals surface area (Å²) in [6.07, 6.45) is 3.39. The molecule has 0 aliphatic carbocycles. The Labute approximate surface area is 92.3 Å². The van der Waals surface area contributed by atoms with Gasteiger partial charge in [-0.25, -0.2) is 0 Å². The van der Waals surface area contributed by atoms with Gasteiger partial charge in [0, 0.05) is 6.04 Å². The average Bonchev–Trinajstić information content (AvgIpc) is 2.95. The van der Waals surface area contributed by atoms with Gasteiger partial charge in [0.25, 0.3) is 0 Å². The van der Waals surface area contributed by atoms with Crippen LogP contribution in [0.3, 0.4) is 0 Å². The highest BCUT2D eigenvalue weighted by Crippen LogP contribution is 2.58. The van der Waals surface area contributed by atoms with E-state index in [-0.39, 0.29) is 5.78 Å². The molecule has 0 aromatic rings. The van der Waals surface area contributed by atoms with Gasteiger partial charge in [0.1, 0.15) is 5.78 Å². The highest BCUT2D eigenvalue weighted by Gasteiger charge is 2.51. The Hall–Kier alpha value is 0.110. The molecular weight excluding hydrogens is 213 g/mol. The predicted octanol–water partition coefficient (Wildman–Crippen LogP) is 2.74. The summed E-state index contributed by atoms with van der Waals surface area (Å²) in [5.41, 5.74) is 0. The Morgan fingerprint density at radius 2 is 1.80 bits per heavy atom. The molecule has 1 rings (SSSR count). The first-order valence-electron chi connectivity index (χ1n) is 5.82. The third-order valence-corrected chi connectivity index (χ3v) is 4.91. The van der Waals surface area contributed by atoms with E-state index in [1.807, 2.05) is 13.8 Å². The van der Waals surface area contributed by atoms with Crippen LogP contribution in [0.2, 0.25) is 0 Å². The van der Waals surface area contributed by atoms with Crippen molar-refractivity contribution in [1.82, 2.24) is 5.32 Å². The fourth-order valence-corrected chi connectivity index (χ4v) is 3.78. The Morgan fingerprint density at radius 3 is 2.27 bits per heavy atom. The van der Waals surface area contributed by atoms with Crippen LogP contribution < -0.4 is 5.32 Å². The Balaban J connectivity index is 2.42. The molecule has 1 N–H and O–H groups in total. The highest BCUT2D eigenvalue weighted by molar-refractivity contribution is 7.55. The first-order chi connectivity index (χ1) is 7.18. The minimum absolute atomic E-state index is 0.0658. The third-order valence-electron chi connectivity index (χ3n) is 2.48. The van der Waals surface area contributed by atoms with Gasteiger partial charge in [-0.3, -0.25) is 9.88 Å². The average molecular weight is 235 g/mol. The number of nitrogens with one attached hydrogen (secondary N) is 1. The molecule has 0 bridgehead atoms. The maximum atomic E-state index is 12.2. The van der Waals surface area contributed by atoms with Crippen LogP contribution in [0, 0.1) is 0 Å². The summed E-state index contributed by atoms with van der Waals surface area (Å²) in [5.74, 6) is -0.0658. The van der Waals surface area contributed by atoms with E-state index in [2.05, 4.69) is 12.2 Å². The SMILES string of the molecule is CCCC[C@@H]1N[C@H]1P(=O)(OCC)OCC. The van der Waals surface area contributed by atoms with Crippen LogP contribution in [0.1, 0.15) is 40.0 Å². The lowest BCUT2D eigenvalue weighted by Crippen LogP contribution is -2.04. The van der Waals surface area contributed by atoms with Crippen LogP contribution in [0.25, 0.3) is 0 Å². The normalized spacial score (nSPS) is 25.5. The first kappa shape index (κ1) is 13.2. The highest BCUT2D eigenvalue weighted by atomic mass is 31.2. The van der Waals surface area contributed by atoms with Crippen molar-refractivity contribution < 1.29 is 13.6 Å². The number of rotatable bonds is 8. The Bertz CT molecular complexity index is 225. The Kier molecular flexibility index (Phi) is 5.27. The third kappa shape index (κ3) is 3.56. The predicted molar refractivity (Wildman–Crippen MR) is 61.1 cm³/mol. The van der Waals surface area contributed by atoms with Crippen molar-refractivity contribution >= 4 is 7.60 Å². The van der Waals surface area contributed by atoms with E-state index in [4.69, 9.17) is 9.05 Å². The molecule has 1 aliphatic rings. The molecule has 0 aromatic heterocycles. The van der Waals surface area contributed by atoms with Gasteiger partial charge < -0.3 is 9.05 Å². The smallest absolute Gasteiger partial charge is 0.308 e. The summed E-state index contributed by atoms with van der Waals surface area (Å²) in [6, 6.07) is 0.328. The van der Waals surface area contributed by atoms with E-state index in [1.165, 1.54) is 6.42 Å². The molecule has 0 spiro atoms. The molecule has 0 aromatic carbocycles. The van der Waals surface area contributed by atoms with Crippen molar-refractivity contribution in [3.63, 3.8) is 0 Å². The second kappa shape index (κ2) is 6.00. The second-order valence-corrected chi connectivity index (χ2v) is 5.89. The molecule has 0 radical (unpaired) electrons. The van der Waals surface area contributed by atoms with Crippen molar-refractivity contribution in [2.75, 3.05) is 13.2 Å². The van der Waals surface area contributed by atoms with E-state index in [1.54, 1.807) is 0 Å². The molecule has 90 valence electrons. The molecule has 1 aliphatic heterocycles. The van der Waals surface area contributed by atoms with Crippen molar-refractivity contribution in [3.05, 3.63) is 0 Å². The summed E-state index contributed by atoms with van der Waals surface area (Å²) in [7, 11) is -2.89. The molecule has 0 unspecified atom stereocenters. The maximum absolute atomic E-state index is 12.2. The fraction of sp³-hybridized carbons (Fsp3) is 1.00. The first-order valence-corrected chi connectivity index (χ1v) is 7.44. The summed E-state index contributed by atoms with van der Waals surface area (Å²) in [6.45, 7) is 6.72. The van der Waals surface area contributed by atoms with E-state index in [9.17, 15) is 4.57 Å². The molecule has 5 heteroatoms. The minimum Gasteiger partial charge on any atom is -0.308 e. The van der Waals surface area contributed by atoms with Gasteiger partial charge in [-0.1, -0.05) is 19.8 Å². The van der Waals surface area contributed by atoms with Gasteiger partial charge >= 0.3 is 7.60 Å².